The first-order valence-corrected chi connectivity index (χ1v) is 10.1. The molecule has 0 bridgehead atoms. The number of carbonyl (C=O) groups is 2. The second-order valence-corrected chi connectivity index (χ2v) is 7.51. The Labute approximate surface area is 159 Å². The van der Waals surface area contributed by atoms with E-state index in [1.807, 2.05) is 41.3 Å². The standard InChI is InChI=1S/C20H27NO4S/c22-18(14-16-8-4-3-5-9-16)12-11-17-15-26-20(25)21(17)13-7-2-1-6-10-19(23)24/h3-5,8-9,11-12,17-18,22H,1-2,6-7,10,13-15H2,(H,23,24)/b12-11+. The highest BCUT2D eigenvalue weighted by Gasteiger charge is 2.29. The van der Waals surface area contributed by atoms with Gasteiger partial charge in [-0.25, -0.2) is 0 Å². The van der Waals surface area contributed by atoms with Gasteiger partial charge < -0.3 is 15.1 Å². The zero-order valence-electron chi connectivity index (χ0n) is 14.9. The molecule has 5 nitrogen and oxygen atoms in total. The molecule has 0 aliphatic carbocycles. The molecule has 6 heteroatoms. The van der Waals surface area contributed by atoms with Crippen LogP contribution in [0.4, 0.5) is 4.79 Å². The fourth-order valence-electron chi connectivity index (χ4n) is 2.97. The van der Waals surface area contributed by atoms with Crippen molar-refractivity contribution in [1.82, 2.24) is 4.90 Å². The molecule has 1 saturated heterocycles. The summed E-state index contributed by atoms with van der Waals surface area (Å²) in [7, 11) is 0. The van der Waals surface area contributed by atoms with Crippen molar-refractivity contribution >= 4 is 23.0 Å². The van der Waals surface area contributed by atoms with Gasteiger partial charge in [0.05, 0.1) is 12.1 Å². The molecule has 1 heterocycles. The maximum absolute atomic E-state index is 12.0. The molecule has 142 valence electrons. The van der Waals surface area contributed by atoms with Crippen molar-refractivity contribution in [3.63, 3.8) is 0 Å². The molecule has 0 radical (unpaired) electrons. The predicted molar refractivity (Wildman–Crippen MR) is 104 cm³/mol. The topological polar surface area (TPSA) is 77.8 Å². The lowest BCUT2D eigenvalue weighted by Crippen LogP contribution is -2.33. The van der Waals surface area contributed by atoms with Crippen molar-refractivity contribution in [3.05, 3.63) is 48.0 Å². The molecule has 2 rings (SSSR count). The van der Waals surface area contributed by atoms with Crippen LogP contribution in [-0.4, -0.2) is 50.8 Å². The van der Waals surface area contributed by atoms with Crippen LogP contribution in [0.15, 0.2) is 42.5 Å². The number of rotatable bonds is 11. The number of carboxylic acid groups (broad SMARTS) is 1. The Morgan fingerprint density at radius 3 is 2.69 bits per heavy atom. The Hall–Kier alpha value is -1.79. The number of aliphatic carboxylic acids is 1. The normalized spacial score (nSPS) is 18.6. The minimum Gasteiger partial charge on any atom is -0.481 e. The molecule has 26 heavy (non-hydrogen) atoms. The predicted octanol–water partition coefficient (Wildman–Crippen LogP) is 3.72. The average molecular weight is 378 g/mol. The van der Waals surface area contributed by atoms with E-state index in [9.17, 15) is 14.7 Å². The smallest absolute Gasteiger partial charge is 0.303 e. The summed E-state index contributed by atoms with van der Waals surface area (Å²) in [5.74, 6) is -0.0396. The van der Waals surface area contributed by atoms with Gasteiger partial charge in [0.2, 0.25) is 0 Å². The summed E-state index contributed by atoms with van der Waals surface area (Å²) in [6, 6.07) is 9.86. The van der Waals surface area contributed by atoms with Crippen molar-refractivity contribution in [2.75, 3.05) is 12.3 Å². The van der Waals surface area contributed by atoms with Gasteiger partial charge in [-0.2, -0.15) is 0 Å². The molecular weight excluding hydrogens is 350 g/mol. The summed E-state index contributed by atoms with van der Waals surface area (Å²) in [5.41, 5.74) is 1.08. The molecule has 1 aromatic rings. The maximum atomic E-state index is 12.0. The Bertz CT molecular complexity index is 605. The van der Waals surface area contributed by atoms with E-state index in [4.69, 9.17) is 5.11 Å². The Morgan fingerprint density at radius 2 is 1.96 bits per heavy atom. The monoisotopic (exact) mass is 377 g/mol. The van der Waals surface area contributed by atoms with Gasteiger partial charge in [-0.3, -0.25) is 9.59 Å². The molecule has 0 saturated carbocycles. The number of aliphatic hydroxyl groups excluding tert-OH is 1. The number of thioether (sulfide) groups is 1. The summed E-state index contributed by atoms with van der Waals surface area (Å²) >= 11 is 1.32. The van der Waals surface area contributed by atoms with Crippen LogP contribution < -0.4 is 0 Å². The summed E-state index contributed by atoms with van der Waals surface area (Å²) < 4.78 is 0. The first kappa shape index (κ1) is 20.5. The highest BCUT2D eigenvalue weighted by atomic mass is 32.2. The van der Waals surface area contributed by atoms with Gasteiger partial charge in [0.1, 0.15) is 0 Å². The zero-order valence-corrected chi connectivity index (χ0v) is 15.7. The van der Waals surface area contributed by atoms with Crippen LogP contribution >= 0.6 is 11.8 Å². The lowest BCUT2D eigenvalue weighted by Gasteiger charge is -2.21. The van der Waals surface area contributed by atoms with Crippen LogP contribution in [0.5, 0.6) is 0 Å². The van der Waals surface area contributed by atoms with Crippen LogP contribution in [0, 0.1) is 0 Å². The van der Waals surface area contributed by atoms with E-state index >= 15 is 0 Å². The van der Waals surface area contributed by atoms with E-state index in [2.05, 4.69) is 0 Å². The number of carboxylic acids is 1. The summed E-state index contributed by atoms with van der Waals surface area (Å²) in [6.07, 6.45) is 7.31. The molecule has 2 atom stereocenters. The molecule has 1 aliphatic rings. The van der Waals surface area contributed by atoms with E-state index in [0.717, 1.165) is 24.8 Å². The van der Waals surface area contributed by atoms with Crippen molar-refractivity contribution in [1.29, 1.82) is 0 Å². The molecule has 1 aromatic carbocycles. The fraction of sp³-hybridized carbons (Fsp3) is 0.500. The summed E-state index contributed by atoms with van der Waals surface area (Å²) in [4.78, 5) is 24.4. The first-order valence-electron chi connectivity index (χ1n) is 9.12. The third kappa shape index (κ3) is 7.22. The number of hydrogen-bond acceptors (Lipinski definition) is 4. The van der Waals surface area contributed by atoms with E-state index < -0.39 is 12.1 Å². The van der Waals surface area contributed by atoms with E-state index in [1.165, 1.54) is 11.8 Å². The number of unbranched alkanes of at least 4 members (excludes halogenated alkanes) is 3. The van der Waals surface area contributed by atoms with Gasteiger partial charge in [-0.05, 0) is 18.4 Å². The molecule has 1 amide bonds. The fourth-order valence-corrected chi connectivity index (χ4v) is 3.97. The second kappa shape index (κ2) is 11.0. The van der Waals surface area contributed by atoms with E-state index in [-0.39, 0.29) is 17.7 Å². The van der Waals surface area contributed by atoms with Gasteiger partial charge in [-0.1, -0.05) is 67.1 Å². The quantitative estimate of drug-likeness (QED) is 0.454. The van der Waals surface area contributed by atoms with Crippen LogP contribution in [0.2, 0.25) is 0 Å². The van der Waals surface area contributed by atoms with Crippen LogP contribution in [0.1, 0.15) is 37.7 Å². The number of hydrogen-bond donors (Lipinski definition) is 2. The molecular formula is C20H27NO4S. The first-order chi connectivity index (χ1) is 12.6. The molecule has 2 N–H and O–H groups in total. The minimum atomic E-state index is -0.754. The number of nitrogens with zero attached hydrogens (tertiary/aromatic N) is 1. The lowest BCUT2D eigenvalue weighted by molar-refractivity contribution is -0.137. The molecule has 0 aromatic heterocycles. The second-order valence-electron chi connectivity index (χ2n) is 6.54. The van der Waals surface area contributed by atoms with Crippen LogP contribution in [0.3, 0.4) is 0 Å². The maximum Gasteiger partial charge on any atom is 0.303 e. The Morgan fingerprint density at radius 1 is 1.23 bits per heavy atom. The molecule has 1 fully saturated rings. The third-order valence-corrected chi connectivity index (χ3v) is 5.38. The molecule has 1 aliphatic heterocycles. The van der Waals surface area contributed by atoms with Gasteiger partial charge >= 0.3 is 5.97 Å². The summed E-state index contributed by atoms with van der Waals surface area (Å²) in [6.45, 7) is 0.683. The Balaban J connectivity index is 1.74. The van der Waals surface area contributed by atoms with Crippen molar-refractivity contribution in [2.45, 2.75) is 50.7 Å². The number of aliphatic hydroxyl groups is 1. The molecule has 2 unspecified atom stereocenters. The molecule has 0 spiro atoms. The van der Waals surface area contributed by atoms with Gasteiger partial charge in [0.25, 0.3) is 5.24 Å². The third-order valence-electron chi connectivity index (χ3n) is 4.40. The zero-order chi connectivity index (χ0) is 18.8. The lowest BCUT2D eigenvalue weighted by atomic mass is 10.1. The number of carbonyl (C=O) groups excluding carboxylic acids is 1. The van der Waals surface area contributed by atoms with Crippen LogP contribution in [0.25, 0.3) is 0 Å². The van der Waals surface area contributed by atoms with Crippen molar-refractivity contribution in [3.8, 4) is 0 Å². The average Bonchev–Trinajstić information content (AvgIpc) is 2.97. The summed E-state index contributed by atoms with van der Waals surface area (Å²) in [5, 5.41) is 18.9. The van der Waals surface area contributed by atoms with Gasteiger partial charge in [0, 0.05) is 25.1 Å². The van der Waals surface area contributed by atoms with Crippen molar-refractivity contribution < 1.29 is 19.8 Å². The van der Waals surface area contributed by atoms with E-state index in [1.54, 1.807) is 6.08 Å². The number of amides is 1. The minimum absolute atomic E-state index is 0.0249. The van der Waals surface area contributed by atoms with Gasteiger partial charge in [-0.15, -0.1) is 0 Å². The number of benzene rings is 1. The van der Waals surface area contributed by atoms with E-state index in [0.29, 0.717) is 25.1 Å². The Kier molecular flexibility index (Phi) is 8.71. The van der Waals surface area contributed by atoms with Gasteiger partial charge in [0.15, 0.2) is 0 Å². The van der Waals surface area contributed by atoms with Crippen molar-refractivity contribution in [2.24, 2.45) is 0 Å². The van der Waals surface area contributed by atoms with Crippen LogP contribution in [-0.2, 0) is 11.2 Å². The highest BCUT2D eigenvalue weighted by Crippen LogP contribution is 2.25. The highest BCUT2D eigenvalue weighted by molar-refractivity contribution is 8.13. The SMILES string of the molecule is O=C(O)CCCCCCN1C(=O)SCC1/C=C/C(O)Cc1ccccc1. The largest absolute Gasteiger partial charge is 0.481 e.